The van der Waals surface area contributed by atoms with Crippen molar-refractivity contribution in [2.45, 2.75) is 36.7 Å². The minimum absolute atomic E-state index is 0.0154. The molecule has 1 aliphatic rings. The lowest BCUT2D eigenvalue weighted by Crippen LogP contribution is -2.38. The van der Waals surface area contributed by atoms with Crippen LogP contribution in [-0.2, 0) is 14.8 Å². The lowest BCUT2D eigenvalue weighted by Gasteiger charge is -2.25. The molecule has 0 bridgehead atoms. The number of rotatable bonds is 10. The number of carbonyl (C=O) groups excluding carboxylic acids is 1. The number of nitrogens with one attached hydrogen (secondary N) is 1. The van der Waals surface area contributed by atoms with Crippen LogP contribution < -0.4 is 23.8 Å². The molecule has 0 heterocycles. The normalized spacial score (nSPS) is 13.7. The van der Waals surface area contributed by atoms with Crippen LogP contribution in [0.25, 0.3) is 0 Å². The van der Waals surface area contributed by atoms with E-state index in [-0.39, 0.29) is 27.5 Å². The number of methoxy groups -OCH3 is 2. The van der Waals surface area contributed by atoms with Crippen LogP contribution in [0.1, 0.15) is 25.7 Å². The first kappa shape index (κ1) is 27.5. The number of benzene rings is 3. The first-order chi connectivity index (χ1) is 18.2. The minimum Gasteiger partial charge on any atom is -0.493 e. The molecule has 0 spiro atoms. The number of sulfonamides is 1. The fraction of sp³-hybridized carbons (Fsp3) is 0.296. The Labute approximate surface area is 226 Å². The summed E-state index contributed by atoms with van der Waals surface area (Å²) in [5, 5.41) is 2.42. The zero-order chi connectivity index (χ0) is 27.3. The van der Waals surface area contributed by atoms with Gasteiger partial charge in [0.15, 0.2) is 11.5 Å². The number of amides is 1. The number of hydrogen-bond donors (Lipinski definition) is 1. The second-order valence-corrected chi connectivity index (χ2v) is 11.0. The Morgan fingerprint density at radius 3 is 2.32 bits per heavy atom. The van der Waals surface area contributed by atoms with E-state index in [9.17, 15) is 17.6 Å². The summed E-state index contributed by atoms with van der Waals surface area (Å²) in [6.45, 7) is -0.598. The number of nitrogens with zero attached hydrogens (tertiary/aromatic N) is 1. The summed E-state index contributed by atoms with van der Waals surface area (Å²) in [5.74, 6) is -0.105. The van der Waals surface area contributed by atoms with E-state index in [4.69, 9.17) is 25.8 Å². The van der Waals surface area contributed by atoms with Crippen molar-refractivity contribution in [2.24, 2.45) is 0 Å². The van der Waals surface area contributed by atoms with Crippen molar-refractivity contribution < 1.29 is 31.8 Å². The summed E-state index contributed by atoms with van der Waals surface area (Å²) in [7, 11) is -1.51. The summed E-state index contributed by atoms with van der Waals surface area (Å²) < 4.78 is 58.5. The highest BCUT2D eigenvalue weighted by Gasteiger charge is 2.29. The Bertz CT molecular complexity index is 1400. The highest BCUT2D eigenvalue weighted by atomic mass is 35.5. The lowest BCUT2D eigenvalue weighted by atomic mass is 10.2. The topological polar surface area (TPSA) is 94.2 Å². The van der Waals surface area contributed by atoms with Crippen molar-refractivity contribution in [3.05, 3.63) is 71.5 Å². The molecule has 11 heteroatoms. The number of hydrogen-bond acceptors (Lipinski definition) is 6. The molecule has 0 aliphatic heterocycles. The monoisotopic (exact) mass is 562 g/mol. The van der Waals surface area contributed by atoms with Crippen LogP contribution in [0.3, 0.4) is 0 Å². The molecule has 0 saturated heterocycles. The van der Waals surface area contributed by atoms with Crippen LogP contribution in [0.15, 0.2) is 65.6 Å². The average molecular weight is 563 g/mol. The van der Waals surface area contributed by atoms with Crippen LogP contribution in [0, 0.1) is 5.82 Å². The van der Waals surface area contributed by atoms with Crippen molar-refractivity contribution in [1.29, 1.82) is 0 Å². The third-order valence-corrected chi connectivity index (χ3v) is 8.22. The first-order valence-corrected chi connectivity index (χ1v) is 13.8. The van der Waals surface area contributed by atoms with Crippen LogP contribution in [0.2, 0.25) is 5.02 Å². The molecule has 3 aromatic rings. The third kappa shape index (κ3) is 6.31. The smallest absolute Gasteiger partial charge is 0.264 e. The molecule has 0 aromatic heterocycles. The summed E-state index contributed by atoms with van der Waals surface area (Å²) in [6.07, 6.45) is 4.56. The fourth-order valence-corrected chi connectivity index (χ4v) is 5.81. The predicted octanol–water partition coefficient (Wildman–Crippen LogP) is 5.65. The van der Waals surface area contributed by atoms with Gasteiger partial charge in [-0.1, -0.05) is 11.6 Å². The summed E-state index contributed by atoms with van der Waals surface area (Å²) in [6, 6.07) is 14.4. The lowest BCUT2D eigenvalue weighted by molar-refractivity contribution is -0.114. The maximum atomic E-state index is 13.9. The molecule has 4 rings (SSSR count). The molecule has 0 unspecified atom stereocenters. The van der Waals surface area contributed by atoms with Gasteiger partial charge in [0.25, 0.3) is 10.0 Å². The van der Waals surface area contributed by atoms with Crippen molar-refractivity contribution in [2.75, 3.05) is 30.4 Å². The molecule has 1 amide bonds. The molecular formula is C27H28ClFN2O6S. The van der Waals surface area contributed by atoms with E-state index in [1.807, 2.05) is 0 Å². The van der Waals surface area contributed by atoms with Crippen LogP contribution in [0.4, 0.5) is 15.8 Å². The molecule has 0 radical (unpaired) electrons. The molecule has 1 aliphatic carbocycles. The SMILES string of the molecule is COc1ccc(S(=O)(=O)N(CC(=O)Nc2ccc(OC3CCCC3)cc2)c2ccc(F)c(Cl)c2)cc1OC. The average Bonchev–Trinajstić information content (AvgIpc) is 3.42. The molecule has 1 fully saturated rings. The predicted molar refractivity (Wildman–Crippen MR) is 143 cm³/mol. The largest absolute Gasteiger partial charge is 0.493 e. The Kier molecular flexibility index (Phi) is 8.63. The van der Waals surface area contributed by atoms with Gasteiger partial charge < -0.3 is 19.5 Å². The van der Waals surface area contributed by atoms with Gasteiger partial charge in [0.1, 0.15) is 18.1 Å². The van der Waals surface area contributed by atoms with Gasteiger partial charge in [0, 0.05) is 11.8 Å². The second kappa shape index (κ2) is 11.9. The molecule has 1 N–H and O–H groups in total. The molecule has 1 saturated carbocycles. The maximum Gasteiger partial charge on any atom is 0.264 e. The number of carbonyl (C=O) groups is 1. The number of halogens is 2. The van der Waals surface area contributed by atoms with Crippen molar-refractivity contribution >= 4 is 38.9 Å². The first-order valence-electron chi connectivity index (χ1n) is 12.0. The van der Waals surface area contributed by atoms with Gasteiger partial charge in [0.05, 0.1) is 35.9 Å². The Morgan fingerprint density at radius 2 is 1.68 bits per heavy atom. The van der Waals surface area contributed by atoms with Crippen molar-refractivity contribution in [3.63, 3.8) is 0 Å². The quantitative estimate of drug-likeness (QED) is 0.343. The van der Waals surface area contributed by atoms with Gasteiger partial charge in [-0.15, -0.1) is 0 Å². The van der Waals surface area contributed by atoms with Gasteiger partial charge in [0.2, 0.25) is 5.91 Å². The fourth-order valence-electron chi connectivity index (χ4n) is 4.21. The van der Waals surface area contributed by atoms with Gasteiger partial charge in [-0.25, -0.2) is 12.8 Å². The van der Waals surface area contributed by atoms with Gasteiger partial charge in [-0.3, -0.25) is 9.10 Å². The van der Waals surface area contributed by atoms with E-state index in [2.05, 4.69) is 5.32 Å². The molecule has 8 nitrogen and oxygen atoms in total. The van der Waals surface area contributed by atoms with Gasteiger partial charge in [-0.2, -0.15) is 0 Å². The Balaban J connectivity index is 1.58. The summed E-state index contributed by atoms with van der Waals surface area (Å²) in [5.41, 5.74) is 0.482. The Hall–Kier alpha value is -3.50. The van der Waals surface area contributed by atoms with E-state index in [1.165, 1.54) is 38.5 Å². The summed E-state index contributed by atoms with van der Waals surface area (Å²) in [4.78, 5) is 12.9. The zero-order valence-corrected chi connectivity index (χ0v) is 22.5. The molecular weight excluding hydrogens is 535 g/mol. The van der Waals surface area contributed by atoms with E-state index in [1.54, 1.807) is 24.3 Å². The van der Waals surface area contributed by atoms with E-state index in [0.717, 1.165) is 42.1 Å². The maximum absolute atomic E-state index is 13.9. The minimum atomic E-state index is -4.31. The highest BCUT2D eigenvalue weighted by molar-refractivity contribution is 7.92. The van der Waals surface area contributed by atoms with E-state index >= 15 is 0 Å². The summed E-state index contributed by atoms with van der Waals surface area (Å²) >= 11 is 5.94. The van der Waals surface area contributed by atoms with Crippen LogP contribution in [0.5, 0.6) is 17.2 Å². The molecule has 202 valence electrons. The molecule has 38 heavy (non-hydrogen) atoms. The van der Waals surface area contributed by atoms with E-state index in [0.29, 0.717) is 17.2 Å². The highest BCUT2D eigenvalue weighted by Crippen LogP contribution is 2.33. The van der Waals surface area contributed by atoms with Crippen LogP contribution >= 0.6 is 11.6 Å². The molecule has 0 atom stereocenters. The molecule has 3 aromatic carbocycles. The second-order valence-electron chi connectivity index (χ2n) is 8.72. The third-order valence-electron chi connectivity index (χ3n) is 6.16. The van der Waals surface area contributed by atoms with Crippen molar-refractivity contribution in [3.8, 4) is 17.2 Å². The van der Waals surface area contributed by atoms with Crippen molar-refractivity contribution in [1.82, 2.24) is 0 Å². The van der Waals surface area contributed by atoms with Gasteiger partial charge >= 0.3 is 0 Å². The Morgan fingerprint density at radius 1 is 1.00 bits per heavy atom. The standard InChI is InChI=1S/C27H28ClFN2O6S/c1-35-25-14-12-22(16-26(25)36-2)38(33,34)31(19-9-13-24(29)23(28)15-19)17-27(32)30-18-7-10-21(11-8-18)37-20-5-3-4-6-20/h7-16,20H,3-6,17H2,1-2H3,(H,30,32). The van der Waals surface area contributed by atoms with E-state index < -0.39 is 28.3 Å². The number of anilines is 2. The van der Waals surface area contributed by atoms with Gasteiger partial charge in [-0.05, 0) is 80.3 Å². The van der Waals surface area contributed by atoms with Crippen LogP contribution in [-0.4, -0.2) is 41.2 Å². The number of ether oxygens (including phenoxy) is 3. The zero-order valence-electron chi connectivity index (χ0n) is 20.9.